The zero-order valence-electron chi connectivity index (χ0n) is 16.7. The van der Waals surface area contributed by atoms with Gasteiger partial charge in [0.15, 0.2) is 16.8 Å². The first-order valence-corrected chi connectivity index (χ1v) is 10.9. The molecule has 2 aromatic carbocycles. The van der Waals surface area contributed by atoms with Gasteiger partial charge < -0.3 is 4.52 Å². The van der Waals surface area contributed by atoms with Gasteiger partial charge >= 0.3 is 0 Å². The number of rotatable bonds is 9. The smallest absolute Gasteiger partial charge is 0.226 e. The topological polar surface area (TPSA) is 69.6 Å². The van der Waals surface area contributed by atoms with E-state index in [9.17, 15) is 4.39 Å². The second kappa shape index (κ2) is 9.67. The minimum atomic E-state index is -0.325. The van der Waals surface area contributed by atoms with E-state index in [1.165, 1.54) is 17.8 Å². The Morgan fingerprint density at radius 1 is 1.03 bits per heavy atom. The Balaban J connectivity index is 1.59. The first-order chi connectivity index (χ1) is 14.7. The second-order valence-corrected chi connectivity index (χ2v) is 7.80. The van der Waals surface area contributed by atoms with Gasteiger partial charge in [0.25, 0.3) is 0 Å². The van der Waals surface area contributed by atoms with E-state index < -0.39 is 0 Å². The number of halogens is 1. The third-order valence-electron chi connectivity index (χ3n) is 4.60. The summed E-state index contributed by atoms with van der Waals surface area (Å²) >= 11 is 1.46. The molecular weight excluding hydrogens is 401 g/mol. The van der Waals surface area contributed by atoms with Crippen LogP contribution in [0, 0.1) is 5.82 Å². The van der Waals surface area contributed by atoms with Crippen LogP contribution in [0.3, 0.4) is 0 Å². The molecule has 0 fully saturated rings. The molecule has 0 aliphatic rings. The minimum absolute atomic E-state index is 0.325. The Morgan fingerprint density at radius 3 is 2.63 bits per heavy atom. The molecule has 0 spiro atoms. The highest BCUT2D eigenvalue weighted by Gasteiger charge is 2.18. The summed E-state index contributed by atoms with van der Waals surface area (Å²) in [6, 6.07) is 16.6. The van der Waals surface area contributed by atoms with Gasteiger partial charge in [0.2, 0.25) is 5.89 Å². The van der Waals surface area contributed by atoms with E-state index in [-0.39, 0.29) is 5.82 Å². The number of aromatic nitrogens is 5. The summed E-state index contributed by atoms with van der Waals surface area (Å²) in [7, 11) is 0. The van der Waals surface area contributed by atoms with Crippen molar-refractivity contribution in [3.8, 4) is 11.4 Å². The van der Waals surface area contributed by atoms with Crippen LogP contribution in [0.15, 0.2) is 64.3 Å². The van der Waals surface area contributed by atoms with Crippen molar-refractivity contribution in [1.29, 1.82) is 0 Å². The number of unbranched alkanes of at least 4 members (excludes halogenated alkanes) is 1. The number of thioether (sulfide) groups is 1. The Kier molecular flexibility index (Phi) is 6.53. The molecule has 0 aliphatic heterocycles. The fraction of sp³-hybridized carbons (Fsp3) is 0.273. The SMILES string of the molecule is CCCCc1nc(CSc2nnc(-c3ccccc3F)n2Cc2ccccc2)no1. The zero-order valence-corrected chi connectivity index (χ0v) is 17.5. The van der Waals surface area contributed by atoms with E-state index in [0.717, 1.165) is 24.8 Å². The fourth-order valence-electron chi connectivity index (χ4n) is 3.05. The number of hydrogen-bond acceptors (Lipinski definition) is 6. The predicted molar refractivity (Wildman–Crippen MR) is 113 cm³/mol. The van der Waals surface area contributed by atoms with Crippen molar-refractivity contribution < 1.29 is 8.91 Å². The summed E-state index contributed by atoms with van der Waals surface area (Å²) in [4.78, 5) is 4.44. The Labute approximate surface area is 178 Å². The van der Waals surface area contributed by atoms with Gasteiger partial charge in [-0.3, -0.25) is 4.57 Å². The standard InChI is InChI=1S/C22H22FN5OS/c1-2-3-13-20-24-19(27-29-20)15-30-22-26-25-21(17-11-7-8-12-18(17)23)28(22)14-16-9-5-4-6-10-16/h4-12H,2-3,13-15H2,1H3. The molecule has 2 heterocycles. The van der Waals surface area contributed by atoms with Crippen molar-refractivity contribution >= 4 is 11.8 Å². The molecule has 0 atom stereocenters. The van der Waals surface area contributed by atoms with Crippen LogP contribution in [0.1, 0.15) is 37.0 Å². The maximum atomic E-state index is 14.4. The zero-order chi connectivity index (χ0) is 20.8. The van der Waals surface area contributed by atoms with Crippen LogP contribution in [0.2, 0.25) is 0 Å². The molecule has 0 unspecified atom stereocenters. The van der Waals surface area contributed by atoms with Crippen LogP contribution in [0.4, 0.5) is 4.39 Å². The lowest BCUT2D eigenvalue weighted by Crippen LogP contribution is -2.05. The monoisotopic (exact) mass is 423 g/mol. The maximum absolute atomic E-state index is 14.4. The number of aryl methyl sites for hydroxylation is 1. The van der Waals surface area contributed by atoms with Gasteiger partial charge in [-0.25, -0.2) is 4.39 Å². The van der Waals surface area contributed by atoms with Gasteiger partial charge in [-0.2, -0.15) is 4.98 Å². The van der Waals surface area contributed by atoms with Crippen molar-refractivity contribution in [2.24, 2.45) is 0 Å². The van der Waals surface area contributed by atoms with Gasteiger partial charge in [0.05, 0.1) is 17.9 Å². The van der Waals surface area contributed by atoms with E-state index in [2.05, 4.69) is 27.3 Å². The first-order valence-electron chi connectivity index (χ1n) is 9.91. The van der Waals surface area contributed by atoms with Crippen LogP contribution in [-0.4, -0.2) is 24.9 Å². The number of benzene rings is 2. The molecule has 8 heteroatoms. The Bertz CT molecular complexity index is 1100. The molecule has 154 valence electrons. The van der Waals surface area contributed by atoms with Gasteiger partial charge in [-0.15, -0.1) is 10.2 Å². The summed E-state index contributed by atoms with van der Waals surface area (Å²) in [5, 5.41) is 13.3. The largest absolute Gasteiger partial charge is 0.339 e. The van der Waals surface area contributed by atoms with Crippen LogP contribution in [0.5, 0.6) is 0 Å². The molecule has 2 aromatic heterocycles. The highest BCUT2D eigenvalue weighted by atomic mass is 32.2. The molecule has 0 saturated heterocycles. The average molecular weight is 424 g/mol. The van der Waals surface area contributed by atoms with E-state index in [0.29, 0.717) is 40.6 Å². The van der Waals surface area contributed by atoms with Crippen molar-refractivity contribution in [3.05, 3.63) is 77.7 Å². The lowest BCUT2D eigenvalue weighted by molar-refractivity contribution is 0.371. The van der Waals surface area contributed by atoms with Crippen molar-refractivity contribution in [3.63, 3.8) is 0 Å². The van der Waals surface area contributed by atoms with Gasteiger partial charge in [-0.05, 0) is 24.1 Å². The Hall–Kier alpha value is -3.00. The molecule has 30 heavy (non-hydrogen) atoms. The molecule has 4 rings (SSSR count). The fourth-order valence-corrected chi connectivity index (χ4v) is 3.83. The molecule has 0 bridgehead atoms. The molecule has 6 nitrogen and oxygen atoms in total. The molecular formula is C22H22FN5OS. The summed E-state index contributed by atoms with van der Waals surface area (Å²) in [5.74, 6) is 1.95. The molecule has 0 amide bonds. The van der Waals surface area contributed by atoms with Crippen LogP contribution in [-0.2, 0) is 18.7 Å². The van der Waals surface area contributed by atoms with E-state index in [1.807, 2.05) is 34.9 Å². The van der Waals surface area contributed by atoms with Gasteiger partial charge in [0.1, 0.15) is 5.82 Å². The lowest BCUT2D eigenvalue weighted by atomic mass is 10.2. The maximum Gasteiger partial charge on any atom is 0.226 e. The highest BCUT2D eigenvalue weighted by molar-refractivity contribution is 7.98. The third kappa shape index (κ3) is 4.76. The summed E-state index contributed by atoms with van der Waals surface area (Å²) < 4.78 is 21.7. The molecule has 0 radical (unpaired) electrons. The Morgan fingerprint density at radius 2 is 1.83 bits per heavy atom. The van der Waals surface area contributed by atoms with E-state index in [1.54, 1.807) is 18.2 Å². The molecule has 0 aliphatic carbocycles. The van der Waals surface area contributed by atoms with Crippen LogP contribution >= 0.6 is 11.8 Å². The van der Waals surface area contributed by atoms with Crippen molar-refractivity contribution in [2.45, 2.75) is 43.6 Å². The van der Waals surface area contributed by atoms with Crippen molar-refractivity contribution in [2.75, 3.05) is 0 Å². The van der Waals surface area contributed by atoms with E-state index in [4.69, 9.17) is 4.52 Å². The number of hydrogen-bond donors (Lipinski definition) is 0. The minimum Gasteiger partial charge on any atom is -0.339 e. The summed E-state index contributed by atoms with van der Waals surface area (Å²) in [5.41, 5.74) is 1.51. The first kappa shape index (κ1) is 20.3. The quantitative estimate of drug-likeness (QED) is 0.347. The van der Waals surface area contributed by atoms with Crippen LogP contribution < -0.4 is 0 Å². The molecule has 4 aromatic rings. The number of nitrogens with zero attached hydrogens (tertiary/aromatic N) is 5. The third-order valence-corrected chi connectivity index (χ3v) is 5.56. The summed E-state index contributed by atoms with van der Waals surface area (Å²) in [6.07, 6.45) is 2.88. The van der Waals surface area contributed by atoms with Crippen LogP contribution in [0.25, 0.3) is 11.4 Å². The van der Waals surface area contributed by atoms with Gasteiger partial charge in [0, 0.05) is 6.42 Å². The predicted octanol–water partition coefficient (Wildman–Crippen LogP) is 5.15. The van der Waals surface area contributed by atoms with E-state index >= 15 is 0 Å². The molecule has 0 N–H and O–H groups in total. The van der Waals surface area contributed by atoms with Crippen molar-refractivity contribution in [1.82, 2.24) is 24.9 Å². The average Bonchev–Trinajstić information content (AvgIpc) is 3.39. The second-order valence-electron chi connectivity index (χ2n) is 6.85. The lowest BCUT2D eigenvalue weighted by Gasteiger charge is -2.10. The van der Waals surface area contributed by atoms with Gasteiger partial charge in [-0.1, -0.05) is 72.7 Å². The molecule has 0 saturated carbocycles. The highest BCUT2D eigenvalue weighted by Crippen LogP contribution is 2.28. The normalized spacial score (nSPS) is 11.1. The summed E-state index contributed by atoms with van der Waals surface area (Å²) in [6.45, 7) is 2.66.